The topological polar surface area (TPSA) is 50.4 Å². The van der Waals surface area contributed by atoms with Crippen molar-refractivity contribution >= 4 is 29.1 Å². The third kappa shape index (κ3) is 4.50. The van der Waals surface area contributed by atoms with Gasteiger partial charge in [-0.05, 0) is 41.8 Å². The number of hydrogen-bond acceptors (Lipinski definition) is 3. The van der Waals surface area contributed by atoms with Gasteiger partial charge in [-0.2, -0.15) is 0 Å². The molecule has 2 atom stereocenters. The Kier molecular flexibility index (Phi) is 6.41. The number of hydrogen-bond donors (Lipinski definition) is 2. The van der Waals surface area contributed by atoms with Gasteiger partial charge in [0.05, 0.1) is 23.1 Å². The highest BCUT2D eigenvalue weighted by Crippen LogP contribution is 2.32. The Balaban J connectivity index is 1.58. The first kappa shape index (κ1) is 19.0. The van der Waals surface area contributed by atoms with Gasteiger partial charge in [0.2, 0.25) is 5.91 Å². The maximum atomic E-state index is 12.7. The minimum Gasteiger partial charge on any atom is -0.497 e. The maximum Gasteiger partial charge on any atom is 0.225 e. The summed E-state index contributed by atoms with van der Waals surface area (Å²) in [5, 5.41) is 7.41. The molecular weight excluding hydrogens is 371 g/mol. The van der Waals surface area contributed by atoms with Crippen molar-refractivity contribution < 1.29 is 9.53 Å². The second kappa shape index (κ2) is 8.76. The van der Waals surface area contributed by atoms with Gasteiger partial charge in [0.1, 0.15) is 5.75 Å². The van der Waals surface area contributed by atoms with Crippen molar-refractivity contribution in [3.63, 3.8) is 0 Å². The molecule has 0 aliphatic carbocycles. The summed E-state index contributed by atoms with van der Waals surface area (Å²) in [6.07, 6.45) is 0.764. The van der Waals surface area contributed by atoms with Gasteiger partial charge in [0.15, 0.2) is 0 Å². The average molecular weight is 393 g/mol. The van der Waals surface area contributed by atoms with E-state index in [-0.39, 0.29) is 17.7 Å². The smallest absolute Gasteiger partial charge is 0.225 e. The third-order valence-corrected chi connectivity index (χ3v) is 5.51. The fourth-order valence-corrected chi connectivity index (χ4v) is 3.64. The van der Waals surface area contributed by atoms with E-state index in [9.17, 15) is 4.79 Å². The van der Waals surface area contributed by atoms with E-state index in [2.05, 4.69) is 10.6 Å². The molecule has 1 amide bonds. The van der Waals surface area contributed by atoms with Gasteiger partial charge in [0, 0.05) is 25.6 Å². The second-order valence-corrected chi connectivity index (χ2v) is 7.25. The Labute approximate surface area is 163 Å². The molecule has 1 fully saturated rings. The number of halogens is 2. The lowest BCUT2D eigenvalue weighted by Crippen LogP contribution is -2.35. The Bertz CT molecular complexity index is 782. The summed E-state index contributed by atoms with van der Waals surface area (Å²) in [6, 6.07) is 13.5. The van der Waals surface area contributed by atoms with Gasteiger partial charge >= 0.3 is 0 Å². The van der Waals surface area contributed by atoms with Gasteiger partial charge < -0.3 is 15.4 Å². The average Bonchev–Trinajstić information content (AvgIpc) is 3.14. The first-order valence-corrected chi connectivity index (χ1v) is 9.40. The quantitative estimate of drug-likeness (QED) is 0.788. The Morgan fingerprint density at radius 3 is 2.81 bits per heavy atom. The summed E-state index contributed by atoms with van der Waals surface area (Å²) in [5.41, 5.74) is 2.17. The van der Waals surface area contributed by atoms with Crippen LogP contribution in [0.4, 0.5) is 0 Å². The van der Waals surface area contributed by atoms with Gasteiger partial charge in [-0.1, -0.05) is 41.4 Å². The molecule has 1 heterocycles. The van der Waals surface area contributed by atoms with Crippen LogP contribution in [0.1, 0.15) is 17.0 Å². The lowest BCUT2D eigenvalue weighted by Gasteiger charge is -2.19. The van der Waals surface area contributed by atoms with Crippen LogP contribution in [0.15, 0.2) is 42.5 Å². The molecular formula is C20H22Cl2N2O2. The lowest BCUT2D eigenvalue weighted by molar-refractivity contribution is -0.124. The normalized spacial score (nSPS) is 19.3. The zero-order valence-electron chi connectivity index (χ0n) is 14.6. The summed E-state index contributed by atoms with van der Waals surface area (Å²) in [4.78, 5) is 12.7. The molecule has 138 valence electrons. The molecule has 1 aliphatic rings. The van der Waals surface area contributed by atoms with Crippen molar-refractivity contribution in [3.05, 3.63) is 63.6 Å². The fourth-order valence-electron chi connectivity index (χ4n) is 3.34. The molecule has 26 heavy (non-hydrogen) atoms. The Morgan fingerprint density at radius 2 is 2.04 bits per heavy atom. The highest BCUT2D eigenvalue weighted by Gasteiger charge is 2.33. The summed E-state index contributed by atoms with van der Waals surface area (Å²) < 4.78 is 5.23. The molecule has 0 unspecified atom stereocenters. The van der Waals surface area contributed by atoms with E-state index in [1.165, 1.54) is 0 Å². The van der Waals surface area contributed by atoms with Crippen LogP contribution in [0.3, 0.4) is 0 Å². The first-order chi connectivity index (χ1) is 12.6. The highest BCUT2D eigenvalue weighted by molar-refractivity contribution is 6.42. The standard InChI is InChI=1S/C20H22Cl2N2O2/c1-26-15-4-2-3-13(9-15)7-8-24-20(25)17-12-23-11-16(17)14-5-6-18(21)19(22)10-14/h2-6,9-10,16-17,23H,7-8,11-12H2,1H3,(H,24,25)/t16-,17+/m0/s1. The molecule has 3 rings (SSSR count). The van der Waals surface area contributed by atoms with Crippen LogP contribution >= 0.6 is 23.2 Å². The number of carbonyl (C=O) groups is 1. The van der Waals surface area contributed by atoms with Crippen molar-refractivity contribution in [1.29, 1.82) is 0 Å². The number of benzene rings is 2. The maximum absolute atomic E-state index is 12.7. The molecule has 0 saturated carbocycles. The van der Waals surface area contributed by atoms with E-state index < -0.39 is 0 Å². The Morgan fingerprint density at radius 1 is 1.19 bits per heavy atom. The van der Waals surface area contributed by atoms with Gasteiger partial charge in [-0.3, -0.25) is 4.79 Å². The molecule has 0 spiro atoms. The molecule has 2 aromatic carbocycles. The minimum absolute atomic E-state index is 0.0639. The SMILES string of the molecule is COc1cccc(CCNC(=O)[C@@H]2CNC[C@H]2c2ccc(Cl)c(Cl)c2)c1. The van der Waals surface area contributed by atoms with E-state index in [0.717, 1.165) is 29.8 Å². The molecule has 6 heteroatoms. The second-order valence-electron chi connectivity index (χ2n) is 6.44. The number of rotatable bonds is 6. The molecule has 2 N–H and O–H groups in total. The largest absolute Gasteiger partial charge is 0.497 e. The predicted molar refractivity (Wildman–Crippen MR) is 105 cm³/mol. The molecule has 1 aliphatic heterocycles. The van der Waals surface area contributed by atoms with Crippen molar-refractivity contribution in [2.75, 3.05) is 26.7 Å². The van der Waals surface area contributed by atoms with Gasteiger partial charge in [-0.15, -0.1) is 0 Å². The molecule has 0 radical (unpaired) electrons. The molecule has 4 nitrogen and oxygen atoms in total. The number of nitrogens with one attached hydrogen (secondary N) is 2. The van der Waals surface area contributed by atoms with Crippen molar-refractivity contribution in [1.82, 2.24) is 10.6 Å². The van der Waals surface area contributed by atoms with Gasteiger partial charge in [0.25, 0.3) is 0 Å². The summed E-state index contributed by atoms with van der Waals surface area (Å²) in [5.74, 6) is 0.876. The number of amides is 1. The molecule has 2 aromatic rings. The fraction of sp³-hybridized carbons (Fsp3) is 0.350. The highest BCUT2D eigenvalue weighted by atomic mass is 35.5. The van der Waals surface area contributed by atoms with Crippen molar-refractivity contribution in [2.24, 2.45) is 5.92 Å². The number of methoxy groups -OCH3 is 1. The monoisotopic (exact) mass is 392 g/mol. The summed E-state index contributed by atoms with van der Waals surface area (Å²) >= 11 is 12.1. The molecule has 0 bridgehead atoms. The first-order valence-electron chi connectivity index (χ1n) is 8.65. The van der Waals surface area contributed by atoms with Crippen LogP contribution in [-0.4, -0.2) is 32.7 Å². The molecule has 1 saturated heterocycles. The lowest BCUT2D eigenvalue weighted by atomic mass is 9.88. The van der Waals surface area contributed by atoms with Crippen LogP contribution in [0.25, 0.3) is 0 Å². The zero-order chi connectivity index (χ0) is 18.5. The zero-order valence-corrected chi connectivity index (χ0v) is 16.1. The van der Waals surface area contributed by atoms with Crippen LogP contribution in [0.5, 0.6) is 5.75 Å². The van der Waals surface area contributed by atoms with Crippen LogP contribution in [-0.2, 0) is 11.2 Å². The summed E-state index contributed by atoms with van der Waals surface area (Å²) in [6.45, 7) is 2.01. The van der Waals surface area contributed by atoms with Crippen LogP contribution in [0, 0.1) is 5.92 Å². The van der Waals surface area contributed by atoms with Crippen LogP contribution < -0.4 is 15.4 Å². The van der Waals surface area contributed by atoms with E-state index >= 15 is 0 Å². The van der Waals surface area contributed by atoms with E-state index in [1.807, 2.05) is 36.4 Å². The number of ether oxygens (including phenoxy) is 1. The Hall–Kier alpha value is -1.75. The van der Waals surface area contributed by atoms with E-state index in [4.69, 9.17) is 27.9 Å². The van der Waals surface area contributed by atoms with Gasteiger partial charge in [-0.25, -0.2) is 0 Å². The molecule has 0 aromatic heterocycles. The minimum atomic E-state index is -0.113. The van der Waals surface area contributed by atoms with E-state index in [0.29, 0.717) is 23.1 Å². The van der Waals surface area contributed by atoms with Crippen LogP contribution in [0.2, 0.25) is 10.0 Å². The summed E-state index contributed by atoms with van der Waals surface area (Å²) in [7, 11) is 1.65. The van der Waals surface area contributed by atoms with Crippen molar-refractivity contribution in [2.45, 2.75) is 12.3 Å². The number of carbonyl (C=O) groups excluding carboxylic acids is 1. The van der Waals surface area contributed by atoms with Crippen molar-refractivity contribution in [3.8, 4) is 5.75 Å². The third-order valence-electron chi connectivity index (χ3n) is 4.77. The predicted octanol–water partition coefficient (Wildman–Crippen LogP) is 3.66. The van der Waals surface area contributed by atoms with E-state index in [1.54, 1.807) is 13.2 Å².